The fourth-order valence-electron chi connectivity index (χ4n) is 2.16. The van der Waals surface area contributed by atoms with Gasteiger partial charge >= 0.3 is 6.18 Å². The molecule has 28 heavy (non-hydrogen) atoms. The summed E-state index contributed by atoms with van der Waals surface area (Å²) >= 11 is 0. The third-order valence-corrected chi connectivity index (χ3v) is 3.40. The van der Waals surface area contributed by atoms with E-state index in [1.807, 2.05) is 0 Å². The van der Waals surface area contributed by atoms with Crippen LogP contribution in [0.15, 0.2) is 54.1 Å². The lowest BCUT2D eigenvalue weighted by atomic mass is 10.1. The van der Waals surface area contributed by atoms with Gasteiger partial charge in [-0.05, 0) is 30.3 Å². The molecule has 0 aliphatic rings. The molecule has 0 spiro atoms. The molecule has 0 aliphatic heterocycles. The summed E-state index contributed by atoms with van der Waals surface area (Å²) in [5, 5.41) is 11.5. The van der Waals surface area contributed by atoms with Crippen LogP contribution in [0.2, 0.25) is 0 Å². The van der Waals surface area contributed by atoms with E-state index in [1.165, 1.54) is 24.3 Å². The van der Waals surface area contributed by atoms with Gasteiger partial charge in [0.15, 0.2) is 6.61 Å². The summed E-state index contributed by atoms with van der Waals surface area (Å²) < 4.78 is 43.5. The average molecular weight is 389 g/mol. The molecule has 0 heterocycles. The summed E-state index contributed by atoms with van der Waals surface area (Å²) in [5.74, 6) is -1.39. The molecular formula is C19H14F3N3O3. The fourth-order valence-corrected chi connectivity index (χ4v) is 2.16. The van der Waals surface area contributed by atoms with Crippen LogP contribution in [0.1, 0.15) is 11.1 Å². The first-order chi connectivity index (χ1) is 13.2. The van der Waals surface area contributed by atoms with Crippen LogP contribution in [0.4, 0.5) is 18.9 Å². The van der Waals surface area contributed by atoms with Gasteiger partial charge in [0.2, 0.25) is 0 Å². The van der Waals surface area contributed by atoms with Crippen molar-refractivity contribution in [2.75, 3.05) is 11.9 Å². The van der Waals surface area contributed by atoms with Crippen LogP contribution < -0.4 is 15.8 Å². The Labute approximate surface area is 158 Å². The molecule has 0 radical (unpaired) electrons. The summed E-state index contributed by atoms with van der Waals surface area (Å²) in [7, 11) is 0. The van der Waals surface area contributed by atoms with E-state index in [1.54, 1.807) is 18.2 Å². The molecule has 3 N–H and O–H groups in total. The standard InChI is InChI=1S/C19H14F3N3O3/c20-19(21,22)14-5-3-6-15(9-14)25-18(27)13(10-23)8-12-4-1-2-7-16(12)28-11-17(24)26/h1-9H,11H2,(H2,24,26)(H,25,27)/b13-8+. The lowest BCUT2D eigenvalue weighted by Crippen LogP contribution is -2.20. The first kappa shape index (κ1) is 20.5. The number of amides is 2. The monoisotopic (exact) mass is 389 g/mol. The molecule has 0 bridgehead atoms. The predicted molar refractivity (Wildman–Crippen MR) is 94.8 cm³/mol. The topological polar surface area (TPSA) is 105 Å². The average Bonchev–Trinajstić information content (AvgIpc) is 2.64. The van der Waals surface area contributed by atoms with E-state index < -0.39 is 30.2 Å². The first-order valence-electron chi connectivity index (χ1n) is 7.81. The number of nitriles is 1. The molecule has 0 saturated carbocycles. The van der Waals surface area contributed by atoms with Gasteiger partial charge in [0.25, 0.3) is 11.8 Å². The second kappa shape index (κ2) is 8.73. The molecule has 6 nitrogen and oxygen atoms in total. The van der Waals surface area contributed by atoms with Crippen molar-refractivity contribution < 1.29 is 27.5 Å². The third kappa shape index (κ3) is 5.60. The van der Waals surface area contributed by atoms with Crippen LogP contribution in [0.25, 0.3) is 6.08 Å². The van der Waals surface area contributed by atoms with Gasteiger partial charge in [-0.2, -0.15) is 18.4 Å². The molecule has 144 valence electrons. The van der Waals surface area contributed by atoms with Crippen molar-refractivity contribution in [2.24, 2.45) is 5.73 Å². The molecule has 2 rings (SSSR count). The molecular weight excluding hydrogens is 375 g/mol. The number of hydrogen-bond donors (Lipinski definition) is 2. The fraction of sp³-hybridized carbons (Fsp3) is 0.105. The molecule has 2 aromatic rings. The molecule has 0 aromatic heterocycles. The van der Waals surface area contributed by atoms with E-state index in [0.717, 1.165) is 18.2 Å². The number of para-hydroxylation sites is 1. The minimum absolute atomic E-state index is 0.112. The van der Waals surface area contributed by atoms with Gasteiger partial charge in [0, 0.05) is 11.3 Å². The van der Waals surface area contributed by atoms with Crippen LogP contribution >= 0.6 is 0 Å². The number of halogens is 3. The van der Waals surface area contributed by atoms with Crippen molar-refractivity contribution in [3.05, 3.63) is 65.2 Å². The predicted octanol–water partition coefficient (Wildman–Crippen LogP) is 3.12. The highest BCUT2D eigenvalue weighted by molar-refractivity contribution is 6.09. The van der Waals surface area contributed by atoms with Gasteiger partial charge in [-0.1, -0.05) is 24.3 Å². The largest absolute Gasteiger partial charge is 0.483 e. The number of carbonyl (C=O) groups excluding carboxylic acids is 2. The normalized spacial score (nSPS) is 11.4. The van der Waals surface area contributed by atoms with Gasteiger partial charge in [-0.15, -0.1) is 0 Å². The van der Waals surface area contributed by atoms with Crippen LogP contribution in [-0.2, 0) is 15.8 Å². The van der Waals surface area contributed by atoms with Gasteiger partial charge in [-0.25, -0.2) is 0 Å². The van der Waals surface area contributed by atoms with E-state index in [-0.39, 0.29) is 17.0 Å². The van der Waals surface area contributed by atoms with E-state index in [2.05, 4.69) is 5.32 Å². The maximum Gasteiger partial charge on any atom is 0.416 e. The van der Waals surface area contributed by atoms with Crippen LogP contribution in [-0.4, -0.2) is 18.4 Å². The van der Waals surface area contributed by atoms with Crippen molar-refractivity contribution >= 4 is 23.6 Å². The van der Waals surface area contributed by atoms with E-state index in [4.69, 9.17) is 10.5 Å². The number of ether oxygens (including phenoxy) is 1. The zero-order valence-corrected chi connectivity index (χ0v) is 14.3. The Morgan fingerprint density at radius 3 is 2.54 bits per heavy atom. The van der Waals surface area contributed by atoms with Gasteiger partial charge in [0.05, 0.1) is 5.56 Å². The van der Waals surface area contributed by atoms with Crippen molar-refractivity contribution in [3.8, 4) is 11.8 Å². The Balaban J connectivity index is 2.25. The highest BCUT2D eigenvalue weighted by Crippen LogP contribution is 2.30. The lowest BCUT2D eigenvalue weighted by molar-refractivity contribution is -0.137. The number of alkyl halides is 3. The SMILES string of the molecule is N#C/C(=C\c1ccccc1OCC(N)=O)C(=O)Nc1cccc(C(F)(F)F)c1. The Morgan fingerprint density at radius 1 is 1.18 bits per heavy atom. The van der Waals surface area contributed by atoms with Crippen molar-refractivity contribution in [1.29, 1.82) is 5.26 Å². The second-order valence-electron chi connectivity index (χ2n) is 5.50. The number of nitrogens with two attached hydrogens (primary N) is 1. The summed E-state index contributed by atoms with van der Waals surface area (Å²) in [4.78, 5) is 23.1. The Morgan fingerprint density at radius 2 is 1.89 bits per heavy atom. The zero-order valence-electron chi connectivity index (χ0n) is 14.3. The van der Waals surface area contributed by atoms with Gasteiger partial charge < -0.3 is 15.8 Å². The van der Waals surface area contributed by atoms with E-state index >= 15 is 0 Å². The summed E-state index contributed by atoms with van der Waals surface area (Å²) in [5.41, 5.74) is 3.93. The molecule has 2 aromatic carbocycles. The van der Waals surface area contributed by atoms with Gasteiger partial charge in [0.1, 0.15) is 17.4 Å². The highest BCUT2D eigenvalue weighted by Gasteiger charge is 2.30. The van der Waals surface area contributed by atoms with Gasteiger partial charge in [-0.3, -0.25) is 9.59 Å². The number of anilines is 1. The number of nitrogens with zero attached hydrogens (tertiary/aromatic N) is 1. The number of hydrogen-bond acceptors (Lipinski definition) is 4. The molecule has 0 fully saturated rings. The number of benzene rings is 2. The number of primary amides is 1. The Hall–Kier alpha value is -3.80. The zero-order chi connectivity index (χ0) is 20.7. The maximum absolute atomic E-state index is 12.8. The van der Waals surface area contributed by atoms with E-state index in [9.17, 15) is 28.0 Å². The van der Waals surface area contributed by atoms with E-state index in [0.29, 0.717) is 5.56 Å². The van der Waals surface area contributed by atoms with Crippen molar-refractivity contribution in [3.63, 3.8) is 0 Å². The van der Waals surface area contributed by atoms with Crippen LogP contribution in [0.3, 0.4) is 0 Å². The number of rotatable bonds is 6. The maximum atomic E-state index is 12.8. The Bertz CT molecular complexity index is 963. The lowest BCUT2D eigenvalue weighted by Gasteiger charge is -2.10. The Kier molecular flexibility index (Phi) is 6.39. The second-order valence-corrected chi connectivity index (χ2v) is 5.50. The van der Waals surface area contributed by atoms with Crippen LogP contribution in [0.5, 0.6) is 5.75 Å². The van der Waals surface area contributed by atoms with Crippen LogP contribution in [0, 0.1) is 11.3 Å². The molecule has 9 heteroatoms. The first-order valence-corrected chi connectivity index (χ1v) is 7.81. The molecule has 0 aliphatic carbocycles. The number of nitrogens with one attached hydrogen (secondary N) is 1. The number of carbonyl (C=O) groups is 2. The molecule has 0 atom stereocenters. The molecule has 0 unspecified atom stereocenters. The molecule has 2 amide bonds. The minimum Gasteiger partial charge on any atom is -0.483 e. The van der Waals surface area contributed by atoms with Crippen molar-refractivity contribution in [1.82, 2.24) is 0 Å². The smallest absolute Gasteiger partial charge is 0.416 e. The van der Waals surface area contributed by atoms with Crippen molar-refractivity contribution in [2.45, 2.75) is 6.18 Å². The minimum atomic E-state index is -4.56. The third-order valence-electron chi connectivity index (χ3n) is 3.40. The quantitative estimate of drug-likeness (QED) is 0.585. The summed E-state index contributed by atoms with van der Waals surface area (Å²) in [6.07, 6.45) is -3.37. The summed E-state index contributed by atoms with van der Waals surface area (Å²) in [6.45, 7) is -0.400. The molecule has 0 saturated heterocycles. The highest BCUT2D eigenvalue weighted by atomic mass is 19.4. The summed E-state index contributed by atoms with van der Waals surface area (Å²) in [6, 6.07) is 12.0.